The van der Waals surface area contributed by atoms with E-state index in [2.05, 4.69) is 246 Å². The van der Waals surface area contributed by atoms with Gasteiger partial charge in [-0.25, -0.2) is 0 Å². The molecule has 13 rings (SSSR count). The molecule has 0 radical (unpaired) electrons. The second-order valence-electron chi connectivity index (χ2n) is 19.0. The van der Waals surface area contributed by atoms with Gasteiger partial charge < -0.3 is 9.80 Å². The zero-order chi connectivity index (χ0) is 45.7. The maximum atomic E-state index is 2.46. The second-order valence-corrected chi connectivity index (χ2v) is 19.0. The topological polar surface area (TPSA) is 6.48 Å². The first-order chi connectivity index (χ1) is 34.2. The molecule has 330 valence electrons. The Kier molecular flexibility index (Phi) is 10.4. The van der Waals surface area contributed by atoms with Gasteiger partial charge in [-0.3, -0.25) is 0 Å². The highest BCUT2D eigenvalue weighted by atomic mass is 15.2. The summed E-state index contributed by atoms with van der Waals surface area (Å²) in [6.07, 6.45) is 6.24. The molecule has 0 spiro atoms. The van der Waals surface area contributed by atoms with Crippen molar-refractivity contribution in [3.05, 3.63) is 287 Å². The minimum Gasteiger partial charge on any atom is -0.310 e. The van der Waals surface area contributed by atoms with E-state index in [0.717, 1.165) is 38.5 Å². The van der Waals surface area contributed by atoms with Gasteiger partial charge in [0.1, 0.15) is 0 Å². The van der Waals surface area contributed by atoms with Crippen LogP contribution in [0.2, 0.25) is 0 Å². The van der Waals surface area contributed by atoms with Crippen molar-refractivity contribution in [3.8, 4) is 33.4 Å². The lowest BCUT2D eigenvalue weighted by molar-refractivity contribution is 0.965. The Hall–Kier alpha value is -8.20. The van der Waals surface area contributed by atoms with Crippen LogP contribution in [0.15, 0.2) is 237 Å². The van der Waals surface area contributed by atoms with Crippen LogP contribution in [-0.4, -0.2) is 0 Å². The number of hydrogen-bond acceptors (Lipinski definition) is 2. The lowest BCUT2D eigenvalue weighted by Crippen LogP contribution is -2.11. The summed E-state index contributed by atoms with van der Waals surface area (Å²) in [6.45, 7) is 0. The Balaban J connectivity index is 0.910. The van der Waals surface area contributed by atoms with E-state index < -0.39 is 0 Å². The molecule has 3 aliphatic rings. The number of hydrogen-bond donors (Lipinski definition) is 0. The Morgan fingerprint density at radius 2 is 0.522 bits per heavy atom. The lowest BCUT2D eigenvalue weighted by Gasteiger charge is -2.27. The lowest BCUT2D eigenvalue weighted by atomic mass is 9.82. The minimum atomic E-state index is 0.194. The predicted octanol–water partition coefficient (Wildman–Crippen LogP) is 17.1. The molecule has 2 aliphatic heterocycles. The summed E-state index contributed by atoms with van der Waals surface area (Å²) in [6, 6.07) is 88.8. The fourth-order valence-electron chi connectivity index (χ4n) is 11.6. The minimum absolute atomic E-state index is 0.194. The summed E-state index contributed by atoms with van der Waals surface area (Å²) in [5, 5.41) is 0. The predicted molar refractivity (Wildman–Crippen MR) is 288 cm³/mol. The SMILES string of the molecule is c1ccc2c(c1)CCc1ccccc1C2c1ccc(-c2cc(-c3ccc(N4c5ccccc5CCc5ccccc54)cc3)cc(-c3ccc(N4c5ccccc5CCc5ccccc54)cc3)c2)cc1. The molecular formula is C67H52N2. The largest absolute Gasteiger partial charge is 0.310 e. The van der Waals surface area contributed by atoms with E-state index in [1.54, 1.807) is 0 Å². The fourth-order valence-corrected chi connectivity index (χ4v) is 11.6. The first-order valence-corrected chi connectivity index (χ1v) is 24.7. The molecule has 2 heterocycles. The van der Waals surface area contributed by atoms with E-state index in [9.17, 15) is 0 Å². The van der Waals surface area contributed by atoms with E-state index in [4.69, 9.17) is 0 Å². The van der Waals surface area contributed by atoms with E-state index in [0.29, 0.717) is 0 Å². The van der Waals surface area contributed by atoms with Crippen molar-refractivity contribution >= 4 is 34.1 Å². The maximum Gasteiger partial charge on any atom is 0.0493 e. The third-order valence-electron chi connectivity index (χ3n) is 15.1. The molecule has 0 unspecified atom stereocenters. The molecule has 0 aromatic heterocycles. The number of nitrogens with zero attached hydrogens (tertiary/aromatic N) is 2. The number of fused-ring (bicyclic) bond motifs is 6. The van der Waals surface area contributed by atoms with Gasteiger partial charge in [0.2, 0.25) is 0 Å². The quantitative estimate of drug-likeness (QED) is 0.164. The Morgan fingerprint density at radius 1 is 0.246 bits per heavy atom. The summed E-state index contributed by atoms with van der Waals surface area (Å²) >= 11 is 0. The molecule has 10 aromatic carbocycles. The Bertz CT molecular complexity index is 2980. The van der Waals surface area contributed by atoms with Crippen molar-refractivity contribution < 1.29 is 0 Å². The number of para-hydroxylation sites is 4. The molecule has 0 N–H and O–H groups in total. The van der Waals surface area contributed by atoms with Crippen LogP contribution in [0.1, 0.15) is 56.0 Å². The van der Waals surface area contributed by atoms with Crippen LogP contribution in [0.3, 0.4) is 0 Å². The monoisotopic (exact) mass is 884 g/mol. The van der Waals surface area contributed by atoms with Gasteiger partial charge in [-0.2, -0.15) is 0 Å². The van der Waals surface area contributed by atoms with Crippen LogP contribution in [-0.2, 0) is 38.5 Å². The van der Waals surface area contributed by atoms with Gasteiger partial charge in [0.15, 0.2) is 0 Å². The van der Waals surface area contributed by atoms with Crippen LogP contribution in [0, 0.1) is 0 Å². The first kappa shape index (κ1) is 41.0. The number of aryl methyl sites for hydroxylation is 6. The molecule has 0 saturated heterocycles. The molecule has 10 aromatic rings. The molecule has 2 nitrogen and oxygen atoms in total. The van der Waals surface area contributed by atoms with Crippen LogP contribution in [0.4, 0.5) is 34.1 Å². The summed E-state index contributed by atoms with van der Waals surface area (Å²) in [5.74, 6) is 0.194. The summed E-state index contributed by atoms with van der Waals surface area (Å²) < 4.78 is 0. The summed E-state index contributed by atoms with van der Waals surface area (Å²) in [4.78, 5) is 4.91. The molecule has 69 heavy (non-hydrogen) atoms. The smallest absolute Gasteiger partial charge is 0.0493 e. The highest BCUT2D eigenvalue weighted by Gasteiger charge is 2.26. The zero-order valence-electron chi connectivity index (χ0n) is 38.7. The molecule has 1 aliphatic carbocycles. The van der Waals surface area contributed by atoms with Gasteiger partial charge in [0.05, 0.1) is 0 Å². The average molecular weight is 885 g/mol. The Morgan fingerprint density at radius 3 is 0.870 bits per heavy atom. The average Bonchev–Trinajstić information content (AvgIpc) is 3.78. The highest BCUT2D eigenvalue weighted by molar-refractivity contribution is 5.87. The molecule has 0 saturated carbocycles. The standard InChI is InChI=1S/C67H52N2/c1-7-19-61-49(13-1)27-28-50-14-2-8-20-62(50)67(61)55-33-25-46(26-34-55)56-43-57(47-35-39-59(40-36-47)68-63-21-9-3-15-51(63)29-30-52-16-4-10-22-64(52)68)45-58(44-56)48-37-41-60(42-38-48)69-65-23-11-5-17-53(65)31-32-54-18-6-12-24-66(54)69/h1-26,33-45,67H,27-32H2. The van der Waals surface area contributed by atoms with Crippen LogP contribution in [0.5, 0.6) is 0 Å². The molecule has 0 atom stereocenters. The van der Waals surface area contributed by atoms with Crippen LogP contribution < -0.4 is 9.80 Å². The van der Waals surface area contributed by atoms with Crippen LogP contribution >= 0.6 is 0 Å². The molecule has 0 fully saturated rings. The van der Waals surface area contributed by atoms with E-state index in [1.165, 1.54) is 118 Å². The number of anilines is 6. The van der Waals surface area contributed by atoms with Crippen molar-refractivity contribution in [2.45, 2.75) is 44.4 Å². The summed E-state index contributed by atoms with van der Waals surface area (Å²) in [7, 11) is 0. The number of rotatable bonds is 6. The normalized spacial score (nSPS) is 13.9. The van der Waals surface area contributed by atoms with Crippen LogP contribution in [0.25, 0.3) is 33.4 Å². The van der Waals surface area contributed by atoms with E-state index in [-0.39, 0.29) is 5.92 Å². The van der Waals surface area contributed by atoms with Gasteiger partial charge >= 0.3 is 0 Å². The van der Waals surface area contributed by atoms with Crippen molar-refractivity contribution in [2.24, 2.45) is 0 Å². The van der Waals surface area contributed by atoms with E-state index in [1.807, 2.05) is 0 Å². The van der Waals surface area contributed by atoms with Gasteiger partial charge in [-0.15, -0.1) is 0 Å². The molecule has 0 bridgehead atoms. The second kappa shape index (κ2) is 17.5. The van der Waals surface area contributed by atoms with Crippen molar-refractivity contribution in [2.75, 3.05) is 9.80 Å². The van der Waals surface area contributed by atoms with Crippen molar-refractivity contribution in [1.29, 1.82) is 0 Å². The molecule has 0 amide bonds. The fraction of sp³-hybridized carbons (Fsp3) is 0.104. The van der Waals surface area contributed by atoms with Gasteiger partial charge in [-0.05, 0) is 189 Å². The van der Waals surface area contributed by atoms with Crippen molar-refractivity contribution in [1.82, 2.24) is 0 Å². The highest BCUT2D eigenvalue weighted by Crippen LogP contribution is 2.45. The maximum absolute atomic E-state index is 2.46. The molecule has 2 heteroatoms. The van der Waals surface area contributed by atoms with Gasteiger partial charge in [0.25, 0.3) is 0 Å². The third kappa shape index (κ3) is 7.54. The van der Waals surface area contributed by atoms with Crippen molar-refractivity contribution in [3.63, 3.8) is 0 Å². The third-order valence-corrected chi connectivity index (χ3v) is 15.1. The number of benzene rings is 10. The van der Waals surface area contributed by atoms with Gasteiger partial charge in [0, 0.05) is 40.0 Å². The Labute approximate surface area is 406 Å². The molecular weight excluding hydrogens is 833 g/mol. The summed E-state index contributed by atoms with van der Waals surface area (Å²) in [5.41, 5.74) is 27.1. The first-order valence-electron chi connectivity index (χ1n) is 24.7. The van der Waals surface area contributed by atoms with Gasteiger partial charge in [-0.1, -0.05) is 170 Å². The van der Waals surface area contributed by atoms with E-state index >= 15 is 0 Å². The zero-order valence-corrected chi connectivity index (χ0v) is 38.7.